The molecule has 20 heteroatoms. The van der Waals surface area contributed by atoms with Crippen molar-refractivity contribution in [3.63, 3.8) is 0 Å². The van der Waals surface area contributed by atoms with Crippen molar-refractivity contribution in [2.24, 2.45) is 5.92 Å². The number of rotatable bonds is 14. The number of aromatic hydroxyl groups is 1. The van der Waals surface area contributed by atoms with Crippen LogP contribution in [0, 0.1) is 18.7 Å². The van der Waals surface area contributed by atoms with Crippen LogP contribution in [-0.2, 0) is 20.7 Å². The molecule has 0 bridgehead atoms. The Morgan fingerprint density at radius 1 is 0.869 bits per heavy atom. The van der Waals surface area contributed by atoms with Gasteiger partial charge in [-0.2, -0.15) is 9.97 Å². The van der Waals surface area contributed by atoms with E-state index in [1.165, 1.54) is 32.8 Å². The van der Waals surface area contributed by atoms with Gasteiger partial charge in [-0.3, -0.25) is 19.5 Å². The minimum absolute atomic E-state index is 0.0417. The largest absolute Gasteiger partial charge is 0.508 e. The van der Waals surface area contributed by atoms with E-state index in [1.807, 2.05) is 74.5 Å². The van der Waals surface area contributed by atoms with E-state index in [9.17, 15) is 19.5 Å². The highest BCUT2D eigenvalue weighted by molar-refractivity contribution is 7.13. The highest BCUT2D eigenvalue weighted by atomic mass is 32.1. The lowest BCUT2D eigenvalue weighted by molar-refractivity contribution is -0.141. The molecule has 7 aromatic rings. The molecule has 5 aliphatic heterocycles. The normalized spacial score (nSPS) is 18.8. The fourth-order valence-corrected chi connectivity index (χ4v) is 14.2. The number of ether oxygens (including phenoxy) is 2. The number of fused-ring (bicyclic) bond motifs is 3. The van der Waals surface area contributed by atoms with Crippen molar-refractivity contribution >= 4 is 62.6 Å². The Kier molecular flexibility index (Phi) is 17.6. The number of benzene rings is 3. The summed E-state index contributed by atoms with van der Waals surface area (Å²) in [6.07, 6.45) is 12.6. The van der Waals surface area contributed by atoms with E-state index in [-0.39, 0.29) is 58.4 Å². The predicted molar refractivity (Wildman–Crippen MR) is 324 cm³/mol. The van der Waals surface area contributed by atoms with Crippen molar-refractivity contribution in [2.75, 3.05) is 82.4 Å². The maximum atomic E-state index is 16.7. The van der Waals surface area contributed by atoms with Gasteiger partial charge in [-0.05, 0) is 130 Å². The number of hydrogen-bond donors (Lipinski definition) is 2. The number of aryl methyl sites for hydroxylation is 2. The van der Waals surface area contributed by atoms with E-state index in [4.69, 9.17) is 24.0 Å². The van der Waals surface area contributed by atoms with Crippen molar-refractivity contribution < 1.29 is 37.9 Å². The Morgan fingerprint density at radius 2 is 1.62 bits per heavy atom. The van der Waals surface area contributed by atoms with Crippen LogP contribution in [0.2, 0.25) is 0 Å². The topological polar surface area (TPSA) is 196 Å². The highest BCUT2D eigenvalue weighted by Crippen LogP contribution is 2.42. The molecule has 444 valence electrons. The van der Waals surface area contributed by atoms with E-state index in [0.29, 0.717) is 74.1 Å². The van der Waals surface area contributed by atoms with Crippen molar-refractivity contribution in [1.82, 2.24) is 45.1 Å². The number of phenols is 1. The lowest BCUT2D eigenvalue weighted by Gasteiger charge is -2.33. The third kappa shape index (κ3) is 12.0. The van der Waals surface area contributed by atoms with Crippen LogP contribution in [0.3, 0.4) is 0 Å². The summed E-state index contributed by atoms with van der Waals surface area (Å²) < 4.78 is 33.6. The zero-order chi connectivity index (χ0) is 58.6. The zero-order valence-electron chi connectivity index (χ0n) is 49.2. The Bertz CT molecular complexity index is 3480. The van der Waals surface area contributed by atoms with Crippen LogP contribution in [0.25, 0.3) is 43.4 Å². The number of methoxy groups -OCH3 is 1. The third-order valence-electron chi connectivity index (χ3n) is 17.9. The number of carbonyl (C=O) groups excluding carboxylic acids is 3. The number of anilines is 2. The summed E-state index contributed by atoms with van der Waals surface area (Å²) in [4.78, 5) is 69.2. The molecule has 5 aliphatic rings. The molecular weight excluding hydrogens is 1090 g/mol. The third-order valence-corrected chi connectivity index (χ3v) is 18.9. The molecule has 3 amide bonds. The van der Waals surface area contributed by atoms with E-state index >= 15 is 4.39 Å². The quantitative estimate of drug-likeness (QED) is 0.104. The molecule has 2 N–H and O–H groups in total. The number of aromatic nitrogens is 5. The molecule has 12 rings (SSSR count). The molecule has 3 aromatic carbocycles. The molecule has 0 saturated carbocycles. The Labute approximate surface area is 494 Å². The van der Waals surface area contributed by atoms with Gasteiger partial charge in [0, 0.05) is 63.6 Å². The molecule has 9 heterocycles. The molecule has 4 aromatic heterocycles. The summed E-state index contributed by atoms with van der Waals surface area (Å²) in [5.41, 5.74) is 7.04. The van der Waals surface area contributed by atoms with Crippen LogP contribution in [0.5, 0.6) is 11.8 Å². The van der Waals surface area contributed by atoms with Gasteiger partial charge in [0.2, 0.25) is 11.8 Å². The summed E-state index contributed by atoms with van der Waals surface area (Å²) in [7, 11) is 1.38. The van der Waals surface area contributed by atoms with Crippen molar-refractivity contribution in [3.05, 3.63) is 101 Å². The van der Waals surface area contributed by atoms with Crippen LogP contribution >= 0.6 is 11.3 Å². The second-order valence-corrected chi connectivity index (χ2v) is 24.4. The van der Waals surface area contributed by atoms with Gasteiger partial charge >= 0.3 is 12.1 Å². The van der Waals surface area contributed by atoms with E-state index < -0.39 is 17.8 Å². The van der Waals surface area contributed by atoms with Gasteiger partial charge in [0.25, 0.3) is 0 Å². The fraction of sp³-hybridized carbons (Fsp3) is 0.500. The zero-order valence-corrected chi connectivity index (χ0v) is 50.1. The van der Waals surface area contributed by atoms with Crippen LogP contribution in [0.1, 0.15) is 126 Å². The number of phenolic OH excluding ortho intramolecular Hbond substituents is 1. The van der Waals surface area contributed by atoms with Gasteiger partial charge in [0.1, 0.15) is 41.3 Å². The van der Waals surface area contributed by atoms with Gasteiger partial charge < -0.3 is 44.0 Å². The molecule has 84 heavy (non-hydrogen) atoms. The summed E-state index contributed by atoms with van der Waals surface area (Å²) in [5.74, 6) is 0.501. The molecule has 3 atom stereocenters. The van der Waals surface area contributed by atoms with Crippen molar-refractivity contribution in [3.8, 4) is 33.5 Å². The number of halogens is 1. The number of hydrogen-bond acceptors (Lipinski definition) is 16. The first-order valence-corrected chi connectivity index (χ1v) is 31.0. The van der Waals surface area contributed by atoms with Crippen LogP contribution < -0.4 is 19.9 Å². The van der Waals surface area contributed by atoms with Gasteiger partial charge in [-0.15, -0.1) is 11.3 Å². The number of nitrogens with zero attached hydrogens (tertiary/aromatic N) is 10. The average Bonchev–Trinajstić information content (AvgIpc) is 2.58. The fourth-order valence-electron chi connectivity index (χ4n) is 13.4. The smallest absolute Gasteiger partial charge is 0.409 e. The average molecular weight is 1160 g/mol. The molecule has 5 fully saturated rings. The van der Waals surface area contributed by atoms with Gasteiger partial charge in [0.05, 0.1) is 40.2 Å². The van der Waals surface area contributed by atoms with Crippen LogP contribution in [-0.4, -0.2) is 147 Å². The van der Waals surface area contributed by atoms with Crippen LogP contribution in [0.4, 0.5) is 20.8 Å². The van der Waals surface area contributed by atoms with Crippen LogP contribution in [0.15, 0.2) is 76.9 Å². The second kappa shape index (κ2) is 25.4. The standard InChI is InChI=1S/C33H38FN5O2.C31H40N6O5S/c1-2-22-10-7-11-23-18-24(40)19-25(27(22)23)29-28(34)30-26(20-35-29)31(38-14-5-3-4-6-15-38)37-32(36-30)41-21-33-12-8-16-39(33)17-9-13-33;1-19(2)27(25-17-26(34-42-25)35-13-15-36(16-14-35)31(40)41-5)30(39)37-12-6-7-24(37)29(38)33-20(3)22-8-10-23(11-9-22)28-21(4)32-18-43-28/h7,10-11,18-20,40H,2-6,8-9,12-17,21H2,1H3;8-11,17-20,24,27H,6-7,12-16H2,1-5H3,(H,33,38). The Morgan fingerprint density at radius 3 is 2.31 bits per heavy atom. The number of amides is 3. The second-order valence-electron chi connectivity index (χ2n) is 23.5. The minimum Gasteiger partial charge on any atom is -0.508 e. The summed E-state index contributed by atoms with van der Waals surface area (Å²) >= 11 is 1.61. The number of thiazole rings is 1. The van der Waals surface area contributed by atoms with Gasteiger partial charge in [-0.1, -0.05) is 81.2 Å². The Hall–Kier alpha value is -7.45. The molecule has 0 aliphatic carbocycles. The van der Waals surface area contributed by atoms with E-state index in [0.717, 1.165) is 103 Å². The van der Waals surface area contributed by atoms with Crippen molar-refractivity contribution in [1.29, 1.82) is 0 Å². The SMILES string of the molecule is CCc1cccc2cc(O)cc(-c3ncc4c(N5CCCCCC5)nc(OCC56CCCN5CCC6)nc4c3F)c12.COC(=O)N1CCN(c2cc(C(C(=O)N3CCCC3C(=O)NC(C)c3ccc(-c4scnc4C)cc3)C(C)C)on2)CC1. The van der Waals surface area contributed by atoms with Gasteiger partial charge in [-0.25, -0.2) is 14.2 Å². The summed E-state index contributed by atoms with van der Waals surface area (Å²) in [6, 6.07) is 18.8. The number of carbonyl (C=O) groups is 3. The molecule has 3 unspecified atom stereocenters. The molecule has 5 saturated heterocycles. The molecule has 18 nitrogen and oxygen atoms in total. The lowest BCUT2D eigenvalue weighted by atomic mass is 9.91. The number of pyridine rings is 1. The van der Waals surface area contributed by atoms with E-state index in [2.05, 4.69) is 49.3 Å². The number of piperazine rings is 1. The highest BCUT2D eigenvalue weighted by Gasteiger charge is 2.45. The monoisotopic (exact) mass is 1160 g/mol. The summed E-state index contributed by atoms with van der Waals surface area (Å²) in [6.45, 7) is 17.2. The maximum absolute atomic E-state index is 16.7. The number of likely N-dealkylation sites (tertiary alicyclic amines) is 1. The van der Waals surface area contributed by atoms with E-state index in [1.54, 1.807) is 39.5 Å². The molecular formula is C64H78FN11O7S. The summed E-state index contributed by atoms with van der Waals surface area (Å²) in [5, 5.41) is 20.3. The number of nitrogens with one attached hydrogen (secondary N) is 1. The minimum atomic E-state index is -0.564. The first-order chi connectivity index (χ1) is 40.7. The maximum Gasteiger partial charge on any atom is 0.409 e. The Balaban J connectivity index is 0.000000175. The van der Waals surface area contributed by atoms with Gasteiger partial charge in [0.15, 0.2) is 17.4 Å². The first-order valence-electron chi connectivity index (χ1n) is 30.1. The van der Waals surface area contributed by atoms with Crippen molar-refractivity contribution in [2.45, 2.75) is 129 Å². The predicted octanol–water partition coefficient (Wildman–Crippen LogP) is 11.2. The lowest BCUT2D eigenvalue weighted by Crippen LogP contribution is -2.49. The first kappa shape index (κ1) is 58.3. The molecule has 0 spiro atoms. The molecule has 0 radical (unpaired) electrons.